The normalized spacial score (nSPS) is 13.2. The Bertz CT molecular complexity index is 1270. The van der Waals surface area contributed by atoms with E-state index in [0.29, 0.717) is 43.1 Å². The number of rotatable bonds is 12. The lowest BCUT2D eigenvalue weighted by atomic mass is 10.1. The molecule has 0 radical (unpaired) electrons. The van der Waals surface area contributed by atoms with Gasteiger partial charge in [0, 0.05) is 42.0 Å². The van der Waals surface area contributed by atoms with Crippen molar-refractivity contribution in [3.8, 4) is 0 Å². The number of carbonyl (C=O) groups is 3. The molecule has 0 spiro atoms. The maximum atomic E-state index is 13.5. The SMILES string of the molecule is CCCCNC(=O)C(CC)N(Cc1ccc(Cl)cc1)C(=O)CCCN1C(=O)c2cccc3cccc1c23. The van der Waals surface area contributed by atoms with Crippen molar-refractivity contribution >= 4 is 45.8 Å². The number of anilines is 1. The number of hydrogen-bond donors (Lipinski definition) is 1. The van der Waals surface area contributed by atoms with Gasteiger partial charge >= 0.3 is 0 Å². The van der Waals surface area contributed by atoms with Crippen LogP contribution in [0.1, 0.15) is 61.9 Å². The molecule has 37 heavy (non-hydrogen) atoms. The van der Waals surface area contributed by atoms with Crippen LogP contribution in [-0.4, -0.2) is 41.8 Å². The molecule has 1 atom stereocenters. The number of amides is 3. The van der Waals surface area contributed by atoms with Crippen LogP contribution in [0.2, 0.25) is 5.02 Å². The Morgan fingerprint density at radius 3 is 2.43 bits per heavy atom. The van der Waals surface area contributed by atoms with E-state index in [2.05, 4.69) is 12.2 Å². The largest absolute Gasteiger partial charge is 0.354 e. The van der Waals surface area contributed by atoms with Gasteiger partial charge in [-0.25, -0.2) is 0 Å². The first kappa shape index (κ1) is 26.7. The third-order valence-corrected chi connectivity index (χ3v) is 7.16. The van der Waals surface area contributed by atoms with Gasteiger partial charge in [-0.05, 0) is 54.5 Å². The van der Waals surface area contributed by atoms with E-state index in [1.54, 1.807) is 21.9 Å². The van der Waals surface area contributed by atoms with Crippen LogP contribution < -0.4 is 10.2 Å². The van der Waals surface area contributed by atoms with Gasteiger partial charge in [-0.2, -0.15) is 0 Å². The lowest BCUT2D eigenvalue weighted by Gasteiger charge is -2.31. The van der Waals surface area contributed by atoms with Gasteiger partial charge in [0.25, 0.3) is 5.91 Å². The van der Waals surface area contributed by atoms with Crippen molar-refractivity contribution in [2.24, 2.45) is 0 Å². The Morgan fingerprint density at radius 1 is 1.00 bits per heavy atom. The van der Waals surface area contributed by atoms with Gasteiger partial charge < -0.3 is 15.1 Å². The molecule has 0 bridgehead atoms. The molecule has 3 amide bonds. The maximum Gasteiger partial charge on any atom is 0.258 e. The maximum absolute atomic E-state index is 13.5. The summed E-state index contributed by atoms with van der Waals surface area (Å²) in [4.78, 5) is 43.1. The minimum atomic E-state index is -0.563. The van der Waals surface area contributed by atoms with Crippen LogP contribution in [0.3, 0.4) is 0 Å². The predicted molar refractivity (Wildman–Crippen MR) is 149 cm³/mol. The van der Waals surface area contributed by atoms with E-state index < -0.39 is 6.04 Å². The molecule has 1 N–H and O–H groups in total. The van der Waals surface area contributed by atoms with Gasteiger partial charge in [-0.15, -0.1) is 0 Å². The van der Waals surface area contributed by atoms with Gasteiger partial charge in [0.2, 0.25) is 11.8 Å². The summed E-state index contributed by atoms with van der Waals surface area (Å²) in [5.41, 5.74) is 2.51. The number of halogens is 1. The minimum absolute atomic E-state index is 0.0287. The first-order valence-corrected chi connectivity index (χ1v) is 13.5. The summed E-state index contributed by atoms with van der Waals surface area (Å²) in [6, 6.07) is 18.5. The summed E-state index contributed by atoms with van der Waals surface area (Å²) in [5.74, 6) is -0.260. The molecule has 1 aliphatic rings. The molecule has 3 aromatic rings. The predicted octanol–water partition coefficient (Wildman–Crippen LogP) is 5.96. The van der Waals surface area contributed by atoms with Crippen molar-refractivity contribution in [1.29, 1.82) is 0 Å². The van der Waals surface area contributed by atoms with E-state index >= 15 is 0 Å². The number of hydrogen-bond acceptors (Lipinski definition) is 3. The molecule has 1 aliphatic heterocycles. The van der Waals surface area contributed by atoms with Crippen LogP contribution in [0.5, 0.6) is 0 Å². The summed E-state index contributed by atoms with van der Waals surface area (Å²) in [6.07, 6.45) is 3.13. The van der Waals surface area contributed by atoms with Crippen LogP contribution in [0.15, 0.2) is 60.7 Å². The topological polar surface area (TPSA) is 69.7 Å². The highest BCUT2D eigenvalue weighted by atomic mass is 35.5. The molecular formula is C30H34ClN3O3. The Balaban J connectivity index is 1.46. The van der Waals surface area contributed by atoms with Gasteiger partial charge in [0.05, 0.1) is 5.69 Å². The highest BCUT2D eigenvalue weighted by molar-refractivity contribution is 6.30. The smallest absolute Gasteiger partial charge is 0.258 e. The van der Waals surface area contributed by atoms with Crippen molar-refractivity contribution in [2.75, 3.05) is 18.0 Å². The molecule has 0 fully saturated rings. The zero-order valence-corrected chi connectivity index (χ0v) is 22.3. The molecule has 1 heterocycles. The van der Waals surface area contributed by atoms with Crippen LogP contribution in [-0.2, 0) is 16.1 Å². The second kappa shape index (κ2) is 12.2. The van der Waals surface area contributed by atoms with Crippen LogP contribution >= 0.6 is 11.6 Å². The molecule has 3 aromatic carbocycles. The monoisotopic (exact) mass is 519 g/mol. The van der Waals surface area contributed by atoms with E-state index in [-0.39, 0.29) is 24.1 Å². The van der Waals surface area contributed by atoms with Gasteiger partial charge in [-0.1, -0.05) is 68.3 Å². The summed E-state index contributed by atoms with van der Waals surface area (Å²) in [6.45, 7) is 5.35. The second-order valence-electron chi connectivity index (χ2n) is 9.46. The molecule has 6 nitrogen and oxygen atoms in total. The van der Waals surface area contributed by atoms with Crippen LogP contribution in [0.4, 0.5) is 5.69 Å². The number of carbonyl (C=O) groups excluding carboxylic acids is 3. The first-order chi connectivity index (χ1) is 17.9. The Morgan fingerprint density at radius 2 is 1.73 bits per heavy atom. The Kier molecular flexibility index (Phi) is 8.82. The fraction of sp³-hybridized carbons (Fsp3) is 0.367. The lowest BCUT2D eigenvalue weighted by molar-refractivity contribution is -0.141. The van der Waals surface area contributed by atoms with Gasteiger partial charge in [0.1, 0.15) is 6.04 Å². The minimum Gasteiger partial charge on any atom is -0.354 e. The van der Waals surface area contributed by atoms with Crippen molar-refractivity contribution in [1.82, 2.24) is 10.2 Å². The van der Waals surface area contributed by atoms with E-state index in [0.717, 1.165) is 34.9 Å². The quantitative estimate of drug-likeness (QED) is 0.300. The molecule has 1 unspecified atom stereocenters. The van der Waals surface area contributed by atoms with E-state index in [1.807, 2.05) is 55.5 Å². The fourth-order valence-corrected chi connectivity index (χ4v) is 5.07. The van der Waals surface area contributed by atoms with E-state index in [9.17, 15) is 14.4 Å². The van der Waals surface area contributed by atoms with Gasteiger partial charge in [0.15, 0.2) is 0 Å². The highest BCUT2D eigenvalue weighted by Gasteiger charge is 2.31. The van der Waals surface area contributed by atoms with Crippen LogP contribution in [0, 0.1) is 0 Å². The summed E-state index contributed by atoms with van der Waals surface area (Å²) >= 11 is 6.05. The average molecular weight is 520 g/mol. The molecule has 4 rings (SSSR count). The molecule has 0 saturated carbocycles. The molecule has 194 valence electrons. The number of unbranched alkanes of at least 4 members (excludes halogenated alkanes) is 1. The van der Waals surface area contributed by atoms with Crippen molar-refractivity contribution < 1.29 is 14.4 Å². The van der Waals surface area contributed by atoms with Crippen molar-refractivity contribution in [2.45, 2.75) is 58.5 Å². The molecule has 0 aromatic heterocycles. The van der Waals surface area contributed by atoms with Crippen LogP contribution in [0.25, 0.3) is 10.8 Å². The van der Waals surface area contributed by atoms with Gasteiger partial charge in [-0.3, -0.25) is 14.4 Å². The molecule has 0 aliphatic carbocycles. The second-order valence-corrected chi connectivity index (χ2v) is 9.89. The third kappa shape index (κ3) is 5.96. The number of benzene rings is 3. The number of nitrogens with one attached hydrogen (secondary N) is 1. The summed E-state index contributed by atoms with van der Waals surface area (Å²) in [5, 5.41) is 5.62. The Labute approximate surface area is 223 Å². The average Bonchev–Trinajstić information content (AvgIpc) is 3.18. The Hall–Kier alpha value is -3.38. The standard InChI is InChI=1S/C30H34ClN3O3/c1-3-5-18-32-29(36)25(4-2)34(20-21-14-16-23(31)17-15-21)27(35)13-8-19-33-26-12-7-10-22-9-6-11-24(28(22)26)30(33)37/h6-7,9-12,14-17,25H,3-5,8,13,18-20H2,1-2H3,(H,32,36). The highest BCUT2D eigenvalue weighted by Crippen LogP contribution is 2.37. The number of nitrogens with zero attached hydrogens (tertiary/aromatic N) is 2. The lowest BCUT2D eigenvalue weighted by Crippen LogP contribution is -2.49. The fourth-order valence-electron chi connectivity index (χ4n) is 4.95. The first-order valence-electron chi connectivity index (χ1n) is 13.1. The third-order valence-electron chi connectivity index (χ3n) is 6.90. The van der Waals surface area contributed by atoms with Crippen molar-refractivity contribution in [3.05, 3.63) is 76.8 Å². The van der Waals surface area contributed by atoms with E-state index in [4.69, 9.17) is 11.6 Å². The summed E-state index contributed by atoms with van der Waals surface area (Å²) in [7, 11) is 0. The zero-order valence-electron chi connectivity index (χ0n) is 21.5. The molecular weight excluding hydrogens is 486 g/mol. The molecule has 7 heteroatoms. The van der Waals surface area contributed by atoms with E-state index in [1.165, 1.54) is 0 Å². The zero-order chi connectivity index (χ0) is 26.4. The summed E-state index contributed by atoms with van der Waals surface area (Å²) < 4.78 is 0. The molecule has 0 saturated heterocycles. The van der Waals surface area contributed by atoms with Crippen molar-refractivity contribution in [3.63, 3.8) is 0 Å².